The minimum Gasteiger partial charge on any atom is -0.347 e. The lowest BCUT2D eigenvalue weighted by atomic mass is 9.96. The Morgan fingerprint density at radius 2 is 1.65 bits per heavy atom. The first-order valence-electron chi connectivity index (χ1n) is 11.8. The summed E-state index contributed by atoms with van der Waals surface area (Å²) in [7, 11) is -3.55. The van der Waals surface area contributed by atoms with Gasteiger partial charge in [-0.2, -0.15) is 30.6 Å². The number of aromatic nitrogens is 1. The van der Waals surface area contributed by atoms with E-state index in [1.165, 1.54) is 42.6 Å². The van der Waals surface area contributed by atoms with Gasteiger partial charge < -0.3 is 4.57 Å². The van der Waals surface area contributed by atoms with Crippen LogP contribution in [0.15, 0.2) is 48.7 Å². The molecule has 1 fully saturated rings. The smallest absolute Gasteiger partial charge is 0.347 e. The molecule has 2 aromatic carbocycles. The first-order valence-corrected chi connectivity index (χ1v) is 12.9. The van der Waals surface area contributed by atoms with Gasteiger partial charge in [-0.15, -0.1) is 0 Å². The molecule has 0 saturated heterocycles. The summed E-state index contributed by atoms with van der Waals surface area (Å²) in [5.74, 6) is -0.203. The van der Waals surface area contributed by atoms with Gasteiger partial charge in [-0.25, -0.2) is 8.42 Å². The van der Waals surface area contributed by atoms with Gasteiger partial charge in [-0.1, -0.05) is 58.0 Å². The molecule has 3 aromatic rings. The summed E-state index contributed by atoms with van der Waals surface area (Å²) in [6, 6.07) is 6.02. The quantitative estimate of drug-likeness (QED) is 0.262. The maximum atomic E-state index is 14.5. The van der Waals surface area contributed by atoms with E-state index in [1.54, 1.807) is 11.5 Å². The van der Waals surface area contributed by atoms with Gasteiger partial charge in [-0.05, 0) is 41.0 Å². The minimum atomic E-state index is -4.90. The van der Waals surface area contributed by atoms with Crippen molar-refractivity contribution in [1.29, 1.82) is 0 Å². The summed E-state index contributed by atoms with van der Waals surface area (Å²) in [5.41, 5.74) is -1.06. The van der Waals surface area contributed by atoms with Crippen molar-refractivity contribution in [3.63, 3.8) is 0 Å². The molecule has 1 saturated carbocycles. The lowest BCUT2D eigenvalue weighted by Gasteiger charge is -2.28. The molecule has 1 heterocycles. The normalized spacial score (nSPS) is 19.7. The maximum Gasteiger partial charge on any atom is 0.417 e. The second-order valence-corrected chi connectivity index (χ2v) is 11.8. The Hall–Kier alpha value is -2.53. The fraction of sp³-hybridized carbons (Fsp3) is 0.462. The number of benzene rings is 2. The summed E-state index contributed by atoms with van der Waals surface area (Å²) in [4.78, 5) is 0. The molecule has 0 radical (unpaired) electrons. The van der Waals surface area contributed by atoms with Crippen molar-refractivity contribution in [2.75, 3.05) is 0 Å². The highest BCUT2D eigenvalue weighted by Gasteiger charge is 2.54. The average molecular weight is 547 g/mol. The number of rotatable bonds is 6. The molecule has 0 N–H and O–H groups in total. The monoisotopic (exact) mass is 546 g/mol. The molecule has 3 atom stereocenters. The van der Waals surface area contributed by atoms with E-state index in [1.807, 2.05) is 20.8 Å². The molecular weight excluding hydrogens is 518 g/mol. The van der Waals surface area contributed by atoms with Crippen LogP contribution in [0.3, 0.4) is 0 Å². The second-order valence-electron chi connectivity index (χ2n) is 10.9. The summed E-state index contributed by atoms with van der Waals surface area (Å²) >= 11 is 0. The van der Waals surface area contributed by atoms with Crippen LogP contribution in [0, 0.1) is 11.3 Å². The van der Waals surface area contributed by atoms with Crippen LogP contribution in [-0.4, -0.2) is 29.5 Å². The lowest BCUT2D eigenvalue weighted by Crippen LogP contribution is -2.39. The van der Waals surface area contributed by atoms with Gasteiger partial charge in [-0.3, -0.25) is 0 Å². The summed E-state index contributed by atoms with van der Waals surface area (Å²) in [6.45, 7) is 7.61. The van der Waals surface area contributed by atoms with E-state index < -0.39 is 40.9 Å². The minimum absolute atomic E-state index is 0.0922. The zero-order valence-electron chi connectivity index (χ0n) is 20.7. The standard InChI is InChI=1S/C26H28F6N2O2S/c1-15-11-21(15)34(37(35)36)23(26(30,31)32)19-13-33(14-24(2,3)4)22-12-16(9-10-18(19)22)17-7-5-6-8-20(17)25(27,28)29/h5-10,12-13,15,21,23,37H,11,14H2,1-4H3/t15-,21-,23-/m0/s1. The third-order valence-electron chi connectivity index (χ3n) is 6.57. The molecule has 1 aliphatic carbocycles. The van der Waals surface area contributed by atoms with Gasteiger partial charge in [0.1, 0.15) is 6.04 Å². The van der Waals surface area contributed by atoms with E-state index in [2.05, 4.69) is 0 Å². The van der Waals surface area contributed by atoms with Crippen molar-refractivity contribution in [2.24, 2.45) is 11.3 Å². The molecule has 0 aliphatic heterocycles. The second kappa shape index (κ2) is 9.34. The van der Waals surface area contributed by atoms with Gasteiger partial charge in [0.05, 0.1) is 5.56 Å². The van der Waals surface area contributed by atoms with Crippen LogP contribution in [0.25, 0.3) is 22.0 Å². The number of thiol groups is 1. The molecule has 1 aliphatic rings. The van der Waals surface area contributed by atoms with Gasteiger partial charge in [0, 0.05) is 35.2 Å². The third-order valence-corrected chi connectivity index (χ3v) is 7.47. The Labute approximate surface area is 213 Å². The Morgan fingerprint density at radius 3 is 2.16 bits per heavy atom. The Balaban J connectivity index is 1.97. The van der Waals surface area contributed by atoms with Crippen LogP contribution in [0.4, 0.5) is 26.3 Å². The maximum absolute atomic E-state index is 14.5. The molecule has 0 amide bonds. The van der Waals surface area contributed by atoms with E-state index in [0.717, 1.165) is 6.07 Å². The van der Waals surface area contributed by atoms with E-state index >= 15 is 0 Å². The zero-order valence-corrected chi connectivity index (χ0v) is 21.6. The Morgan fingerprint density at radius 1 is 1.03 bits per heavy atom. The van der Waals surface area contributed by atoms with Crippen molar-refractivity contribution in [3.8, 4) is 11.1 Å². The first kappa shape index (κ1) is 27.5. The Kier molecular flexibility index (Phi) is 6.94. The molecule has 1 aromatic heterocycles. The van der Waals surface area contributed by atoms with E-state index in [9.17, 15) is 34.8 Å². The van der Waals surface area contributed by atoms with E-state index in [0.29, 0.717) is 16.2 Å². The Bertz CT molecular complexity index is 1380. The molecule has 0 bridgehead atoms. The number of alkyl halides is 6. The molecule has 4 rings (SSSR count). The van der Waals surface area contributed by atoms with Gasteiger partial charge in [0.25, 0.3) is 0 Å². The van der Waals surface area contributed by atoms with Crippen molar-refractivity contribution in [2.45, 2.75) is 65.1 Å². The van der Waals surface area contributed by atoms with E-state index in [4.69, 9.17) is 0 Å². The molecule has 0 spiro atoms. The van der Waals surface area contributed by atoms with Crippen LogP contribution in [-0.2, 0) is 23.6 Å². The molecular formula is C26H28F6N2O2S. The van der Waals surface area contributed by atoms with Crippen LogP contribution < -0.4 is 0 Å². The van der Waals surface area contributed by atoms with E-state index in [-0.39, 0.29) is 40.0 Å². The molecule has 11 heteroatoms. The van der Waals surface area contributed by atoms with Crippen LogP contribution in [0.2, 0.25) is 0 Å². The van der Waals surface area contributed by atoms with Gasteiger partial charge >= 0.3 is 12.4 Å². The predicted molar refractivity (Wildman–Crippen MR) is 130 cm³/mol. The molecule has 37 heavy (non-hydrogen) atoms. The molecule has 0 unspecified atom stereocenters. The number of hydrogen-bond donors (Lipinski definition) is 1. The SMILES string of the molecule is C[C@H]1C[C@@H]1N([C@@H](c1cn(CC(C)(C)C)c2cc(-c3ccccc3C(F)(F)F)ccc12)C(F)(F)F)[SH](=O)=O. The lowest BCUT2D eigenvalue weighted by molar-refractivity contribution is -0.174. The van der Waals surface area contributed by atoms with Crippen molar-refractivity contribution >= 4 is 21.8 Å². The van der Waals surface area contributed by atoms with Crippen LogP contribution in [0.5, 0.6) is 0 Å². The number of nitrogens with zero attached hydrogens (tertiary/aromatic N) is 2. The third kappa shape index (κ3) is 5.67. The average Bonchev–Trinajstić information content (AvgIpc) is 3.38. The fourth-order valence-corrected chi connectivity index (χ4v) is 5.88. The van der Waals surface area contributed by atoms with Gasteiger partial charge in [0.15, 0.2) is 0 Å². The highest BCUT2D eigenvalue weighted by molar-refractivity contribution is 7.69. The summed E-state index contributed by atoms with van der Waals surface area (Å²) < 4.78 is 111. The van der Waals surface area contributed by atoms with Crippen LogP contribution in [0.1, 0.15) is 51.3 Å². The first-order chi connectivity index (χ1) is 17.0. The highest BCUT2D eigenvalue weighted by Crippen LogP contribution is 2.48. The number of hydrogen-bond acceptors (Lipinski definition) is 2. The highest BCUT2D eigenvalue weighted by atomic mass is 32.2. The molecule has 202 valence electrons. The zero-order chi connectivity index (χ0) is 27.5. The van der Waals surface area contributed by atoms with Crippen molar-refractivity contribution < 1.29 is 34.8 Å². The molecule has 4 nitrogen and oxygen atoms in total. The summed E-state index contributed by atoms with van der Waals surface area (Å²) in [5, 5.41) is 0.148. The van der Waals surface area contributed by atoms with Gasteiger partial charge in [0.2, 0.25) is 10.9 Å². The topological polar surface area (TPSA) is 42.3 Å². The van der Waals surface area contributed by atoms with Crippen LogP contribution >= 0.6 is 0 Å². The number of halogens is 6. The number of fused-ring (bicyclic) bond motifs is 1. The predicted octanol–water partition coefficient (Wildman–Crippen LogP) is 7.21. The fourth-order valence-electron chi connectivity index (χ4n) is 4.88. The van der Waals surface area contributed by atoms with Crippen molar-refractivity contribution in [3.05, 3.63) is 59.8 Å². The largest absolute Gasteiger partial charge is 0.417 e. The van der Waals surface area contributed by atoms with Crippen molar-refractivity contribution in [1.82, 2.24) is 8.87 Å². The summed E-state index contributed by atoms with van der Waals surface area (Å²) in [6.07, 6.45) is -7.90.